The van der Waals surface area contributed by atoms with Crippen LogP contribution in [0.2, 0.25) is 5.02 Å². The van der Waals surface area contributed by atoms with Crippen molar-refractivity contribution in [2.75, 3.05) is 20.6 Å². The lowest BCUT2D eigenvalue weighted by molar-refractivity contribution is -0.128. The van der Waals surface area contributed by atoms with Crippen molar-refractivity contribution in [1.29, 1.82) is 0 Å². The smallest absolute Gasteiger partial charge is 0.252 e. The average molecular weight is 334 g/mol. The van der Waals surface area contributed by atoms with Crippen LogP contribution < -0.4 is 5.32 Å². The third kappa shape index (κ3) is 4.31. The number of rotatable bonds is 4. The van der Waals surface area contributed by atoms with Crippen molar-refractivity contribution in [2.24, 2.45) is 0 Å². The van der Waals surface area contributed by atoms with E-state index >= 15 is 0 Å². The van der Waals surface area contributed by atoms with E-state index in [1.807, 2.05) is 0 Å². The summed E-state index contributed by atoms with van der Waals surface area (Å²) < 4.78 is 0.631. The van der Waals surface area contributed by atoms with Crippen LogP contribution in [0.1, 0.15) is 16.8 Å². The van der Waals surface area contributed by atoms with Crippen molar-refractivity contribution in [3.63, 3.8) is 0 Å². The third-order valence-corrected chi connectivity index (χ3v) is 3.19. The Morgan fingerprint density at radius 2 is 2.06 bits per heavy atom. The average Bonchev–Trinajstić information content (AvgIpc) is 2.28. The Morgan fingerprint density at radius 3 is 2.61 bits per heavy atom. The van der Waals surface area contributed by atoms with Crippen LogP contribution in [-0.2, 0) is 4.79 Å². The van der Waals surface area contributed by atoms with Crippen LogP contribution in [0.5, 0.6) is 0 Å². The van der Waals surface area contributed by atoms with Crippen LogP contribution in [-0.4, -0.2) is 37.4 Å². The van der Waals surface area contributed by atoms with Gasteiger partial charge in [-0.3, -0.25) is 9.59 Å². The molecule has 1 N–H and O–H groups in total. The largest absolute Gasteiger partial charge is 0.351 e. The molecular weight excluding hydrogens is 320 g/mol. The van der Waals surface area contributed by atoms with Gasteiger partial charge in [-0.15, -0.1) is 0 Å². The SMILES string of the molecule is CN(C)C(=O)CCNC(=O)c1ccc(Cl)cc1Br. The maximum absolute atomic E-state index is 11.8. The van der Waals surface area contributed by atoms with Crippen LogP contribution in [0.3, 0.4) is 0 Å². The van der Waals surface area contributed by atoms with Crippen molar-refractivity contribution < 1.29 is 9.59 Å². The van der Waals surface area contributed by atoms with Crippen molar-refractivity contribution in [1.82, 2.24) is 10.2 Å². The second-order valence-electron chi connectivity index (χ2n) is 3.92. The van der Waals surface area contributed by atoms with Gasteiger partial charge in [0.15, 0.2) is 0 Å². The molecule has 6 heteroatoms. The van der Waals surface area contributed by atoms with Gasteiger partial charge in [0, 0.05) is 36.6 Å². The van der Waals surface area contributed by atoms with Gasteiger partial charge in [-0.05, 0) is 34.1 Å². The minimum atomic E-state index is -0.231. The summed E-state index contributed by atoms with van der Waals surface area (Å²) in [7, 11) is 3.36. The second kappa shape index (κ2) is 6.75. The number of hydrogen-bond donors (Lipinski definition) is 1. The van der Waals surface area contributed by atoms with E-state index in [0.29, 0.717) is 21.6 Å². The first-order valence-electron chi connectivity index (χ1n) is 5.35. The third-order valence-electron chi connectivity index (χ3n) is 2.30. The van der Waals surface area contributed by atoms with Gasteiger partial charge in [0.2, 0.25) is 5.91 Å². The van der Waals surface area contributed by atoms with Gasteiger partial charge >= 0.3 is 0 Å². The fraction of sp³-hybridized carbons (Fsp3) is 0.333. The van der Waals surface area contributed by atoms with Crippen LogP contribution in [0, 0.1) is 0 Å². The van der Waals surface area contributed by atoms with Crippen LogP contribution in [0.15, 0.2) is 22.7 Å². The lowest BCUT2D eigenvalue weighted by Gasteiger charge is -2.11. The first-order chi connectivity index (χ1) is 8.41. The van der Waals surface area contributed by atoms with Gasteiger partial charge in [-0.1, -0.05) is 11.6 Å². The molecule has 98 valence electrons. The molecule has 0 aliphatic heterocycles. The molecule has 0 aliphatic rings. The van der Waals surface area contributed by atoms with Gasteiger partial charge < -0.3 is 10.2 Å². The number of hydrogen-bond acceptors (Lipinski definition) is 2. The molecule has 0 aromatic heterocycles. The molecule has 0 saturated carbocycles. The van der Waals surface area contributed by atoms with Crippen molar-refractivity contribution in [3.8, 4) is 0 Å². The summed E-state index contributed by atoms with van der Waals surface area (Å²) in [5.74, 6) is -0.254. The molecule has 0 saturated heterocycles. The summed E-state index contributed by atoms with van der Waals surface area (Å²) in [6, 6.07) is 4.93. The molecule has 0 aliphatic carbocycles. The molecule has 4 nitrogen and oxygen atoms in total. The molecule has 0 unspecified atom stereocenters. The monoisotopic (exact) mass is 332 g/mol. The summed E-state index contributed by atoms with van der Waals surface area (Å²) in [5, 5.41) is 3.24. The Labute approximate surface area is 119 Å². The fourth-order valence-corrected chi connectivity index (χ4v) is 2.14. The van der Waals surface area contributed by atoms with E-state index in [1.54, 1.807) is 32.3 Å². The van der Waals surface area contributed by atoms with E-state index in [4.69, 9.17) is 11.6 Å². The highest BCUT2D eigenvalue weighted by Crippen LogP contribution is 2.21. The summed E-state index contributed by atoms with van der Waals surface area (Å²) in [4.78, 5) is 24.6. The zero-order valence-electron chi connectivity index (χ0n) is 10.2. The Balaban J connectivity index is 2.53. The van der Waals surface area contributed by atoms with Gasteiger partial charge in [0.25, 0.3) is 5.91 Å². The maximum atomic E-state index is 11.8. The normalized spacial score (nSPS) is 10.0. The Bertz CT molecular complexity index is 463. The Morgan fingerprint density at radius 1 is 1.39 bits per heavy atom. The standard InChI is InChI=1S/C12H14BrClN2O2/c1-16(2)11(17)5-6-15-12(18)9-4-3-8(14)7-10(9)13/h3-4,7H,5-6H2,1-2H3,(H,15,18). The molecule has 1 aromatic rings. The molecule has 1 rings (SSSR count). The van der Waals surface area contributed by atoms with Crippen LogP contribution >= 0.6 is 27.5 Å². The minimum Gasteiger partial charge on any atom is -0.351 e. The molecule has 0 radical (unpaired) electrons. The highest BCUT2D eigenvalue weighted by Gasteiger charge is 2.11. The van der Waals surface area contributed by atoms with Gasteiger partial charge in [-0.25, -0.2) is 0 Å². The van der Waals surface area contributed by atoms with E-state index in [-0.39, 0.29) is 18.2 Å². The van der Waals surface area contributed by atoms with Crippen molar-refractivity contribution in [2.45, 2.75) is 6.42 Å². The number of nitrogens with zero attached hydrogens (tertiary/aromatic N) is 1. The van der Waals surface area contributed by atoms with E-state index in [0.717, 1.165) is 0 Å². The molecule has 0 bridgehead atoms. The Kier molecular flexibility index (Phi) is 5.62. The number of amides is 2. The van der Waals surface area contributed by atoms with Gasteiger partial charge in [0.05, 0.1) is 5.56 Å². The van der Waals surface area contributed by atoms with Crippen LogP contribution in [0.4, 0.5) is 0 Å². The zero-order valence-corrected chi connectivity index (χ0v) is 12.5. The van der Waals surface area contributed by atoms with Gasteiger partial charge in [0.1, 0.15) is 0 Å². The Hall–Kier alpha value is -1.07. The summed E-state index contributed by atoms with van der Waals surface area (Å²) in [5.41, 5.74) is 0.497. The highest BCUT2D eigenvalue weighted by atomic mass is 79.9. The number of benzene rings is 1. The highest BCUT2D eigenvalue weighted by molar-refractivity contribution is 9.10. The maximum Gasteiger partial charge on any atom is 0.252 e. The second-order valence-corrected chi connectivity index (χ2v) is 5.21. The quantitative estimate of drug-likeness (QED) is 0.919. The first kappa shape index (κ1) is 15.0. The lowest BCUT2D eigenvalue weighted by atomic mass is 10.2. The van der Waals surface area contributed by atoms with Crippen molar-refractivity contribution >= 4 is 39.3 Å². The summed E-state index contributed by atoms with van der Waals surface area (Å²) in [6.45, 7) is 0.310. The zero-order chi connectivity index (χ0) is 13.7. The number of halogens is 2. The van der Waals surface area contributed by atoms with E-state index < -0.39 is 0 Å². The molecule has 0 spiro atoms. The fourth-order valence-electron chi connectivity index (χ4n) is 1.28. The van der Waals surface area contributed by atoms with E-state index in [1.165, 1.54) is 4.90 Å². The molecular formula is C12H14BrClN2O2. The number of nitrogens with one attached hydrogen (secondary N) is 1. The summed E-state index contributed by atoms with van der Waals surface area (Å²) in [6.07, 6.45) is 0.282. The molecule has 0 heterocycles. The molecule has 0 atom stereocenters. The molecule has 2 amide bonds. The molecule has 18 heavy (non-hydrogen) atoms. The topological polar surface area (TPSA) is 49.4 Å². The number of carbonyl (C=O) groups is 2. The lowest BCUT2D eigenvalue weighted by Crippen LogP contribution is -2.30. The van der Waals surface area contributed by atoms with Gasteiger partial charge in [-0.2, -0.15) is 0 Å². The first-order valence-corrected chi connectivity index (χ1v) is 6.52. The van der Waals surface area contributed by atoms with E-state index in [9.17, 15) is 9.59 Å². The predicted octanol–water partition coefficient (Wildman–Crippen LogP) is 2.31. The van der Waals surface area contributed by atoms with E-state index in [2.05, 4.69) is 21.2 Å². The molecule has 0 fully saturated rings. The predicted molar refractivity (Wildman–Crippen MR) is 74.8 cm³/mol. The van der Waals surface area contributed by atoms with Crippen molar-refractivity contribution in [3.05, 3.63) is 33.3 Å². The van der Waals surface area contributed by atoms with Crippen LogP contribution in [0.25, 0.3) is 0 Å². The number of carbonyl (C=O) groups excluding carboxylic acids is 2. The minimum absolute atomic E-state index is 0.0227. The summed E-state index contributed by atoms with van der Waals surface area (Å²) >= 11 is 9.06. The molecule has 1 aromatic carbocycles.